The molecule has 0 saturated carbocycles. The molecule has 0 aromatic heterocycles. The van der Waals surface area contributed by atoms with Crippen LogP contribution in [0.25, 0.3) is 0 Å². The van der Waals surface area contributed by atoms with E-state index in [0.717, 1.165) is 6.42 Å². The van der Waals surface area contributed by atoms with E-state index in [2.05, 4.69) is 76.2 Å². The molecule has 2 aromatic rings. The Bertz CT molecular complexity index is 535. The Balaban J connectivity index is 2.32. The smallest absolute Gasteiger partial charge is 0.00256 e. The van der Waals surface area contributed by atoms with Crippen molar-refractivity contribution in [1.82, 2.24) is 0 Å². The van der Waals surface area contributed by atoms with Gasteiger partial charge >= 0.3 is 0 Å². The van der Waals surface area contributed by atoms with E-state index in [4.69, 9.17) is 0 Å². The van der Waals surface area contributed by atoms with E-state index in [9.17, 15) is 0 Å². The van der Waals surface area contributed by atoms with Gasteiger partial charge in [-0.1, -0.05) is 74.9 Å². The van der Waals surface area contributed by atoms with E-state index in [1.807, 2.05) is 0 Å². The summed E-state index contributed by atoms with van der Waals surface area (Å²) in [6, 6.07) is 17.7. The molecule has 0 aliphatic carbocycles. The predicted molar refractivity (Wildman–Crippen MR) is 83.7 cm³/mol. The number of hydrogen-bond donors (Lipinski definition) is 0. The van der Waals surface area contributed by atoms with Gasteiger partial charge in [-0.3, -0.25) is 0 Å². The molecule has 0 radical (unpaired) electrons. The van der Waals surface area contributed by atoms with Crippen molar-refractivity contribution in [2.75, 3.05) is 0 Å². The van der Waals surface area contributed by atoms with Gasteiger partial charge in [0.1, 0.15) is 0 Å². The molecule has 0 fully saturated rings. The molecule has 0 saturated heterocycles. The molecule has 0 nitrogen and oxygen atoms in total. The molecule has 0 N–H and O–H groups in total. The molecule has 0 aliphatic heterocycles. The molecule has 2 aromatic carbocycles. The van der Waals surface area contributed by atoms with Crippen LogP contribution < -0.4 is 0 Å². The van der Waals surface area contributed by atoms with Gasteiger partial charge in [0.2, 0.25) is 0 Å². The van der Waals surface area contributed by atoms with Crippen molar-refractivity contribution in [2.45, 2.75) is 46.0 Å². The first-order valence-electron chi connectivity index (χ1n) is 7.16. The normalized spacial score (nSPS) is 11.6. The van der Waals surface area contributed by atoms with Crippen LogP contribution in [0.15, 0.2) is 48.5 Å². The van der Waals surface area contributed by atoms with E-state index < -0.39 is 0 Å². The van der Waals surface area contributed by atoms with Gasteiger partial charge < -0.3 is 0 Å². The summed E-state index contributed by atoms with van der Waals surface area (Å²) in [7, 11) is 0. The first-order chi connectivity index (χ1) is 9.01. The van der Waals surface area contributed by atoms with Gasteiger partial charge in [0.15, 0.2) is 0 Å². The largest absolute Gasteiger partial charge is 0.0646 e. The fourth-order valence-electron chi connectivity index (χ4n) is 2.39. The molecule has 100 valence electrons. The fraction of sp³-hybridized carbons (Fsp3) is 0.368. The van der Waals surface area contributed by atoms with Crippen LogP contribution in [0, 0.1) is 6.92 Å². The monoisotopic (exact) mass is 252 g/mol. The Morgan fingerprint density at radius 1 is 0.895 bits per heavy atom. The summed E-state index contributed by atoms with van der Waals surface area (Å²) in [6.45, 7) is 9.12. The summed E-state index contributed by atoms with van der Waals surface area (Å²) < 4.78 is 0. The topological polar surface area (TPSA) is 0 Å². The van der Waals surface area contributed by atoms with Gasteiger partial charge in [-0.2, -0.15) is 0 Å². The summed E-state index contributed by atoms with van der Waals surface area (Å²) in [4.78, 5) is 0. The van der Waals surface area contributed by atoms with Crippen molar-refractivity contribution < 1.29 is 0 Å². The van der Waals surface area contributed by atoms with E-state index in [1.54, 1.807) is 0 Å². The second-order valence-corrected chi connectivity index (χ2v) is 6.11. The zero-order valence-electron chi connectivity index (χ0n) is 12.5. The van der Waals surface area contributed by atoms with Crippen LogP contribution in [0.5, 0.6) is 0 Å². The minimum absolute atomic E-state index is 0.261. The molecule has 0 heterocycles. The van der Waals surface area contributed by atoms with Crippen LogP contribution in [0.4, 0.5) is 0 Å². The van der Waals surface area contributed by atoms with E-state index in [1.165, 1.54) is 28.7 Å². The van der Waals surface area contributed by atoms with Gasteiger partial charge in [0.05, 0.1) is 0 Å². The first-order valence-corrected chi connectivity index (χ1v) is 7.16. The third kappa shape index (κ3) is 3.47. The Morgan fingerprint density at radius 3 is 2.21 bits per heavy atom. The van der Waals surface area contributed by atoms with Crippen molar-refractivity contribution in [3.8, 4) is 0 Å². The third-order valence-corrected chi connectivity index (χ3v) is 4.05. The van der Waals surface area contributed by atoms with E-state index in [-0.39, 0.29) is 5.41 Å². The quantitative estimate of drug-likeness (QED) is 0.695. The maximum absolute atomic E-state index is 2.38. The van der Waals surface area contributed by atoms with Crippen LogP contribution in [-0.4, -0.2) is 0 Å². The second-order valence-electron chi connectivity index (χ2n) is 6.11. The summed E-state index contributed by atoms with van der Waals surface area (Å²) in [6.07, 6.45) is 2.19. The second kappa shape index (κ2) is 5.61. The van der Waals surface area contributed by atoms with Gasteiger partial charge in [0.25, 0.3) is 0 Å². The zero-order valence-corrected chi connectivity index (χ0v) is 12.5. The number of rotatable bonds is 4. The lowest BCUT2D eigenvalue weighted by atomic mass is 9.80. The Morgan fingerprint density at radius 2 is 1.58 bits per heavy atom. The lowest BCUT2D eigenvalue weighted by Gasteiger charge is -2.24. The van der Waals surface area contributed by atoms with Crippen molar-refractivity contribution >= 4 is 0 Å². The summed E-state index contributed by atoms with van der Waals surface area (Å²) >= 11 is 0. The lowest BCUT2D eigenvalue weighted by molar-refractivity contribution is 0.505. The van der Waals surface area contributed by atoms with Gasteiger partial charge in [-0.05, 0) is 41.9 Å². The van der Waals surface area contributed by atoms with Crippen molar-refractivity contribution in [3.63, 3.8) is 0 Å². The molecule has 0 atom stereocenters. The van der Waals surface area contributed by atoms with Crippen LogP contribution in [0.2, 0.25) is 0 Å². The third-order valence-electron chi connectivity index (χ3n) is 4.05. The standard InChI is InChI=1S/C19H24/c1-5-19(3,4)18-12-15(2)11-17(14-18)13-16-9-7-6-8-10-16/h6-12,14H,5,13H2,1-4H3. The summed E-state index contributed by atoms with van der Waals surface area (Å²) in [5.74, 6) is 0. The molecular formula is C19H24. The van der Waals surface area contributed by atoms with Crippen LogP contribution in [0.1, 0.15) is 49.4 Å². The van der Waals surface area contributed by atoms with Crippen molar-refractivity contribution in [3.05, 3.63) is 70.8 Å². The summed E-state index contributed by atoms with van der Waals surface area (Å²) in [5.41, 5.74) is 5.89. The van der Waals surface area contributed by atoms with E-state index >= 15 is 0 Å². The first kappa shape index (κ1) is 13.9. The van der Waals surface area contributed by atoms with Gasteiger partial charge in [-0.15, -0.1) is 0 Å². The SMILES string of the molecule is CCC(C)(C)c1cc(C)cc(Cc2ccccc2)c1. The van der Waals surface area contributed by atoms with Crippen LogP contribution in [0.3, 0.4) is 0 Å². The fourth-order valence-corrected chi connectivity index (χ4v) is 2.39. The highest BCUT2D eigenvalue weighted by molar-refractivity contribution is 5.36. The Hall–Kier alpha value is -1.56. The molecule has 0 aliphatic rings. The highest BCUT2D eigenvalue weighted by atomic mass is 14.2. The molecule has 0 bridgehead atoms. The number of benzene rings is 2. The maximum atomic E-state index is 2.38. The lowest BCUT2D eigenvalue weighted by Crippen LogP contribution is -2.16. The predicted octanol–water partition coefficient (Wildman–Crippen LogP) is 5.27. The maximum Gasteiger partial charge on any atom is -0.00256 e. The van der Waals surface area contributed by atoms with Crippen molar-refractivity contribution in [2.24, 2.45) is 0 Å². The van der Waals surface area contributed by atoms with Crippen LogP contribution >= 0.6 is 0 Å². The minimum atomic E-state index is 0.261. The average molecular weight is 252 g/mol. The molecule has 0 spiro atoms. The number of hydrogen-bond acceptors (Lipinski definition) is 0. The van der Waals surface area contributed by atoms with Gasteiger partial charge in [0, 0.05) is 0 Å². The average Bonchev–Trinajstić information content (AvgIpc) is 2.39. The molecule has 2 rings (SSSR count). The van der Waals surface area contributed by atoms with Crippen molar-refractivity contribution in [1.29, 1.82) is 0 Å². The molecule has 19 heavy (non-hydrogen) atoms. The molecular weight excluding hydrogens is 228 g/mol. The Kier molecular flexibility index (Phi) is 4.09. The summed E-state index contributed by atoms with van der Waals surface area (Å²) in [5, 5.41) is 0. The molecule has 0 heteroatoms. The zero-order chi connectivity index (χ0) is 13.9. The molecule has 0 amide bonds. The van der Waals surface area contributed by atoms with E-state index in [0.29, 0.717) is 0 Å². The highest BCUT2D eigenvalue weighted by Crippen LogP contribution is 2.28. The van der Waals surface area contributed by atoms with Crippen LogP contribution in [-0.2, 0) is 11.8 Å². The van der Waals surface area contributed by atoms with Gasteiger partial charge in [-0.25, -0.2) is 0 Å². The minimum Gasteiger partial charge on any atom is -0.0646 e. The number of aryl methyl sites for hydroxylation is 1. The molecule has 0 unspecified atom stereocenters. The Labute approximate surface area is 117 Å². The highest BCUT2D eigenvalue weighted by Gasteiger charge is 2.18.